The molecule has 0 spiro atoms. The summed E-state index contributed by atoms with van der Waals surface area (Å²) in [7, 11) is 4.68. The molecule has 32 heavy (non-hydrogen) atoms. The SMILES string of the molecule is COc1cc(OC)c(C2CC(=O)N(c3cccnc3)C3=C2C(=O)CC(C)(C)C3)cc1OC. The van der Waals surface area contributed by atoms with E-state index in [1.807, 2.05) is 12.1 Å². The van der Waals surface area contributed by atoms with E-state index in [2.05, 4.69) is 18.8 Å². The van der Waals surface area contributed by atoms with Gasteiger partial charge in [0.15, 0.2) is 17.3 Å². The number of pyridine rings is 1. The van der Waals surface area contributed by atoms with Gasteiger partial charge in [-0.3, -0.25) is 19.5 Å². The highest BCUT2D eigenvalue weighted by atomic mass is 16.5. The first kappa shape index (κ1) is 21.9. The van der Waals surface area contributed by atoms with Gasteiger partial charge in [0.05, 0.1) is 33.2 Å². The highest BCUT2D eigenvalue weighted by molar-refractivity contribution is 6.07. The predicted octanol–water partition coefficient (Wildman–Crippen LogP) is 4.27. The molecule has 7 nitrogen and oxygen atoms in total. The Bertz CT molecular complexity index is 1090. The van der Waals surface area contributed by atoms with Crippen LogP contribution in [0.25, 0.3) is 0 Å². The van der Waals surface area contributed by atoms with Gasteiger partial charge in [0, 0.05) is 47.9 Å². The lowest BCUT2D eigenvalue weighted by Gasteiger charge is -2.43. The predicted molar refractivity (Wildman–Crippen MR) is 120 cm³/mol. The third-order valence-electron chi connectivity index (χ3n) is 6.16. The Hall–Kier alpha value is -3.35. The number of anilines is 1. The third kappa shape index (κ3) is 3.72. The van der Waals surface area contributed by atoms with Gasteiger partial charge in [-0.05, 0) is 30.0 Å². The van der Waals surface area contributed by atoms with Crippen molar-refractivity contribution in [1.82, 2.24) is 4.98 Å². The Balaban J connectivity index is 1.94. The highest BCUT2D eigenvalue weighted by Crippen LogP contribution is 2.50. The molecule has 2 heterocycles. The summed E-state index contributed by atoms with van der Waals surface area (Å²) in [5, 5.41) is 0. The zero-order chi connectivity index (χ0) is 23.0. The second-order valence-electron chi connectivity index (χ2n) is 8.95. The van der Waals surface area contributed by atoms with Crippen LogP contribution >= 0.6 is 0 Å². The van der Waals surface area contributed by atoms with E-state index in [4.69, 9.17) is 14.2 Å². The Morgan fingerprint density at radius 3 is 2.31 bits per heavy atom. The number of amides is 1. The van der Waals surface area contributed by atoms with Crippen LogP contribution in [0.4, 0.5) is 5.69 Å². The molecule has 4 rings (SSSR count). The van der Waals surface area contributed by atoms with Crippen molar-refractivity contribution in [3.05, 3.63) is 53.5 Å². The van der Waals surface area contributed by atoms with Gasteiger partial charge in [0.25, 0.3) is 0 Å². The van der Waals surface area contributed by atoms with Crippen molar-refractivity contribution < 1.29 is 23.8 Å². The van der Waals surface area contributed by atoms with E-state index in [9.17, 15) is 9.59 Å². The first-order chi connectivity index (χ1) is 15.3. The van der Waals surface area contributed by atoms with E-state index >= 15 is 0 Å². The molecule has 1 amide bonds. The average molecular weight is 437 g/mol. The van der Waals surface area contributed by atoms with E-state index in [1.165, 1.54) is 0 Å². The molecule has 1 aromatic heterocycles. The lowest BCUT2D eigenvalue weighted by molar-refractivity contribution is -0.121. The maximum Gasteiger partial charge on any atom is 0.232 e. The summed E-state index contributed by atoms with van der Waals surface area (Å²) >= 11 is 0. The molecule has 168 valence electrons. The van der Waals surface area contributed by atoms with Gasteiger partial charge in [-0.2, -0.15) is 0 Å². The van der Waals surface area contributed by atoms with Crippen LogP contribution in [-0.4, -0.2) is 38.0 Å². The Morgan fingerprint density at radius 1 is 1.00 bits per heavy atom. The number of carbonyl (C=O) groups is 2. The largest absolute Gasteiger partial charge is 0.496 e. The number of hydrogen-bond acceptors (Lipinski definition) is 6. The van der Waals surface area contributed by atoms with E-state index in [0.29, 0.717) is 41.4 Å². The number of hydrogen-bond donors (Lipinski definition) is 0. The maximum absolute atomic E-state index is 13.5. The lowest BCUT2D eigenvalue weighted by atomic mass is 9.69. The molecule has 7 heteroatoms. The van der Waals surface area contributed by atoms with Crippen LogP contribution in [0.3, 0.4) is 0 Å². The van der Waals surface area contributed by atoms with Crippen molar-refractivity contribution in [3.8, 4) is 17.2 Å². The number of allylic oxidation sites excluding steroid dienone is 2. The molecule has 0 N–H and O–H groups in total. The van der Waals surface area contributed by atoms with Crippen molar-refractivity contribution >= 4 is 17.4 Å². The monoisotopic (exact) mass is 436 g/mol. The fraction of sp³-hybridized carbons (Fsp3) is 0.400. The number of aromatic nitrogens is 1. The molecular weight excluding hydrogens is 408 g/mol. The average Bonchev–Trinajstić information content (AvgIpc) is 2.77. The molecule has 1 aliphatic carbocycles. The molecular formula is C25H28N2O5. The number of benzene rings is 1. The highest BCUT2D eigenvalue weighted by Gasteiger charge is 2.45. The Kier molecular flexibility index (Phi) is 5.67. The number of ether oxygens (including phenoxy) is 3. The van der Waals surface area contributed by atoms with E-state index in [-0.39, 0.29) is 23.5 Å². The second kappa shape index (κ2) is 8.30. The summed E-state index contributed by atoms with van der Waals surface area (Å²) in [6, 6.07) is 7.19. The zero-order valence-corrected chi connectivity index (χ0v) is 19.1. The summed E-state index contributed by atoms with van der Waals surface area (Å²) in [6.45, 7) is 4.11. The molecule has 0 saturated carbocycles. The second-order valence-corrected chi connectivity index (χ2v) is 8.95. The normalized spacial score (nSPS) is 20.2. The Labute approximate surface area is 188 Å². The van der Waals surface area contributed by atoms with Crippen LogP contribution in [-0.2, 0) is 9.59 Å². The van der Waals surface area contributed by atoms with Gasteiger partial charge in [-0.15, -0.1) is 0 Å². The maximum atomic E-state index is 13.5. The quantitative estimate of drug-likeness (QED) is 0.697. The van der Waals surface area contributed by atoms with Crippen molar-refractivity contribution in [2.45, 2.75) is 39.0 Å². The number of ketones is 1. The van der Waals surface area contributed by atoms with E-state index < -0.39 is 5.92 Å². The minimum atomic E-state index is -0.427. The summed E-state index contributed by atoms with van der Waals surface area (Å²) in [5.41, 5.74) is 2.58. The van der Waals surface area contributed by atoms with Crippen LogP contribution in [0.15, 0.2) is 47.9 Å². The van der Waals surface area contributed by atoms with Crippen LogP contribution in [0.2, 0.25) is 0 Å². The molecule has 0 fully saturated rings. The van der Waals surface area contributed by atoms with Gasteiger partial charge < -0.3 is 14.2 Å². The van der Waals surface area contributed by atoms with Crippen molar-refractivity contribution in [2.75, 3.05) is 26.2 Å². The van der Waals surface area contributed by atoms with Crippen molar-refractivity contribution in [2.24, 2.45) is 5.41 Å². The summed E-state index contributed by atoms with van der Waals surface area (Å²) in [5.74, 6) is 1.15. The van der Waals surface area contributed by atoms with Gasteiger partial charge in [-0.25, -0.2) is 0 Å². The molecule has 0 saturated heterocycles. The van der Waals surface area contributed by atoms with Gasteiger partial charge in [0.1, 0.15) is 5.75 Å². The molecule has 1 unspecified atom stereocenters. The number of rotatable bonds is 5. The molecule has 2 aromatic rings. The fourth-order valence-electron chi connectivity index (χ4n) is 4.79. The topological polar surface area (TPSA) is 78.0 Å². The molecule has 1 aliphatic heterocycles. The van der Waals surface area contributed by atoms with E-state index in [0.717, 1.165) is 11.3 Å². The molecule has 0 bridgehead atoms. The van der Waals surface area contributed by atoms with Crippen LogP contribution in [0.5, 0.6) is 17.2 Å². The first-order valence-electron chi connectivity index (χ1n) is 10.6. The van der Waals surface area contributed by atoms with Crippen molar-refractivity contribution in [3.63, 3.8) is 0 Å². The van der Waals surface area contributed by atoms with Crippen molar-refractivity contribution in [1.29, 1.82) is 0 Å². The number of methoxy groups -OCH3 is 3. The van der Waals surface area contributed by atoms with Crippen LogP contribution in [0, 0.1) is 5.41 Å². The van der Waals surface area contributed by atoms with Gasteiger partial charge >= 0.3 is 0 Å². The summed E-state index contributed by atoms with van der Waals surface area (Å²) in [4.78, 5) is 32.8. The Morgan fingerprint density at radius 2 is 1.69 bits per heavy atom. The fourth-order valence-corrected chi connectivity index (χ4v) is 4.79. The van der Waals surface area contributed by atoms with Gasteiger partial charge in [0.2, 0.25) is 5.91 Å². The molecule has 1 aromatic carbocycles. The molecule has 2 aliphatic rings. The third-order valence-corrected chi connectivity index (χ3v) is 6.16. The zero-order valence-electron chi connectivity index (χ0n) is 19.1. The first-order valence-corrected chi connectivity index (χ1v) is 10.6. The van der Waals surface area contributed by atoms with E-state index in [1.54, 1.807) is 50.8 Å². The summed E-state index contributed by atoms with van der Waals surface area (Å²) < 4.78 is 16.5. The minimum absolute atomic E-state index is 0.0551. The number of Topliss-reactive ketones (excluding diaryl/α,β-unsaturated/α-hetero) is 1. The summed E-state index contributed by atoms with van der Waals surface area (Å²) in [6.07, 6.45) is 4.51. The van der Waals surface area contributed by atoms with Crippen LogP contribution in [0.1, 0.15) is 44.6 Å². The van der Waals surface area contributed by atoms with Crippen LogP contribution < -0.4 is 19.1 Å². The number of carbonyl (C=O) groups excluding carboxylic acids is 2. The smallest absolute Gasteiger partial charge is 0.232 e. The molecule has 1 atom stereocenters. The molecule has 0 radical (unpaired) electrons. The minimum Gasteiger partial charge on any atom is -0.496 e. The number of nitrogens with zero attached hydrogens (tertiary/aromatic N) is 2. The van der Waals surface area contributed by atoms with Gasteiger partial charge in [-0.1, -0.05) is 13.8 Å². The standard InChI is InChI=1S/C25H28N2O5/c1-25(2)12-18-24(19(28)13-25)17(10-23(29)27(18)15-7-6-8-26-14-15)16-9-21(31-4)22(32-5)11-20(16)30-3/h6-9,11,14,17H,10,12-13H2,1-5H3. The lowest BCUT2D eigenvalue weighted by Crippen LogP contribution is -2.43.